The lowest BCUT2D eigenvalue weighted by Gasteiger charge is -2.15. The fourth-order valence-electron chi connectivity index (χ4n) is 2.39. The minimum atomic E-state index is -0.589. The van der Waals surface area contributed by atoms with Gasteiger partial charge in [-0.25, -0.2) is 0 Å². The van der Waals surface area contributed by atoms with Crippen LogP contribution in [0.15, 0.2) is 46.9 Å². The van der Waals surface area contributed by atoms with Crippen molar-refractivity contribution in [2.24, 2.45) is 5.92 Å². The first-order valence-electron chi connectivity index (χ1n) is 7.37. The van der Waals surface area contributed by atoms with Crippen LogP contribution in [0.2, 0.25) is 0 Å². The van der Waals surface area contributed by atoms with E-state index in [9.17, 15) is 10.1 Å². The summed E-state index contributed by atoms with van der Waals surface area (Å²) in [6, 6.07) is 13.7. The Kier molecular flexibility index (Phi) is 4.60. The van der Waals surface area contributed by atoms with Gasteiger partial charge in [0.1, 0.15) is 11.8 Å². The van der Waals surface area contributed by atoms with Crippen LogP contribution in [0.25, 0.3) is 0 Å². The van der Waals surface area contributed by atoms with Gasteiger partial charge < -0.3 is 19.2 Å². The molecular formula is C17H16N2O4. The van der Waals surface area contributed by atoms with E-state index in [1.54, 1.807) is 18.2 Å². The summed E-state index contributed by atoms with van der Waals surface area (Å²) in [5.41, 5.74) is 0. The van der Waals surface area contributed by atoms with Gasteiger partial charge in [0.2, 0.25) is 0 Å². The van der Waals surface area contributed by atoms with Gasteiger partial charge >= 0.3 is 0 Å². The highest BCUT2D eigenvalue weighted by molar-refractivity contribution is 5.92. The highest BCUT2D eigenvalue weighted by atomic mass is 16.6. The Balaban J connectivity index is 1.63. The van der Waals surface area contributed by atoms with E-state index < -0.39 is 11.9 Å². The number of ether oxygens (including phenoxy) is 2. The van der Waals surface area contributed by atoms with Gasteiger partial charge in [-0.1, -0.05) is 18.2 Å². The second-order valence-electron chi connectivity index (χ2n) is 5.24. The monoisotopic (exact) mass is 312 g/mol. The summed E-state index contributed by atoms with van der Waals surface area (Å²) in [6.07, 6.45) is 0.763. The van der Waals surface area contributed by atoms with Gasteiger partial charge in [-0.3, -0.25) is 4.79 Å². The van der Waals surface area contributed by atoms with E-state index >= 15 is 0 Å². The molecule has 1 N–H and O–H groups in total. The molecule has 0 saturated carbocycles. The predicted molar refractivity (Wildman–Crippen MR) is 81.0 cm³/mol. The maximum absolute atomic E-state index is 12.2. The lowest BCUT2D eigenvalue weighted by molar-refractivity contribution is 0.0898. The van der Waals surface area contributed by atoms with Gasteiger partial charge in [0, 0.05) is 18.6 Å². The summed E-state index contributed by atoms with van der Waals surface area (Å²) in [5, 5.41) is 11.9. The van der Waals surface area contributed by atoms with E-state index in [4.69, 9.17) is 13.9 Å². The number of furan rings is 1. The number of hydrogen-bond acceptors (Lipinski definition) is 5. The summed E-state index contributed by atoms with van der Waals surface area (Å²) in [6.45, 7) is 1.10. The lowest BCUT2D eigenvalue weighted by atomic mass is 10.0. The van der Waals surface area contributed by atoms with Gasteiger partial charge in [-0.15, -0.1) is 0 Å². The Labute approximate surface area is 133 Å². The van der Waals surface area contributed by atoms with E-state index in [-0.39, 0.29) is 17.6 Å². The lowest BCUT2D eigenvalue weighted by Crippen LogP contribution is -2.39. The first-order chi connectivity index (χ1) is 11.3. The largest absolute Gasteiger partial charge is 0.426 e. The number of carbonyl (C=O) groups excluding carboxylic acids is 1. The Morgan fingerprint density at radius 1 is 1.30 bits per heavy atom. The fraction of sp³-hybridized carbons (Fsp3) is 0.294. The summed E-state index contributed by atoms with van der Waals surface area (Å²) in [4.78, 5) is 12.2. The third kappa shape index (κ3) is 3.71. The quantitative estimate of drug-likeness (QED) is 0.917. The Morgan fingerprint density at radius 3 is 2.83 bits per heavy atom. The second-order valence-corrected chi connectivity index (χ2v) is 5.24. The van der Waals surface area contributed by atoms with Crippen LogP contribution >= 0.6 is 0 Å². The first kappa shape index (κ1) is 15.1. The van der Waals surface area contributed by atoms with Crippen molar-refractivity contribution >= 4 is 5.91 Å². The van der Waals surface area contributed by atoms with E-state index in [0.717, 1.165) is 6.42 Å². The number of amides is 1. The van der Waals surface area contributed by atoms with Gasteiger partial charge in [0.05, 0.1) is 12.7 Å². The van der Waals surface area contributed by atoms with Gasteiger partial charge in [-0.2, -0.15) is 5.26 Å². The summed E-state index contributed by atoms with van der Waals surface area (Å²) in [7, 11) is 0. The van der Waals surface area contributed by atoms with Gasteiger partial charge in [-0.05, 0) is 24.6 Å². The van der Waals surface area contributed by atoms with E-state index in [2.05, 4.69) is 11.4 Å². The van der Waals surface area contributed by atoms with Crippen molar-refractivity contribution < 1.29 is 18.7 Å². The molecule has 0 aliphatic carbocycles. The van der Waals surface area contributed by atoms with Crippen LogP contribution in [0.4, 0.5) is 0 Å². The molecule has 0 spiro atoms. The molecule has 1 aromatic carbocycles. The molecule has 1 amide bonds. The fourth-order valence-corrected chi connectivity index (χ4v) is 2.39. The van der Waals surface area contributed by atoms with Gasteiger partial charge in [0.15, 0.2) is 5.76 Å². The zero-order valence-corrected chi connectivity index (χ0v) is 12.4. The number of nitrogens with one attached hydrogen (secondary N) is 1. The molecule has 1 aliphatic rings. The number of nitriles is 1. The Morgan fingerprint density at radius 2 is 2.13 bits per heavy atom. The molecular weight excluding hydrogens is 296 g/mol. The zero-order chi connectivity index (χ0) is 16.1. The van der Waals surface area contributed by atoms with E-state index in [1.807, 2.05) is 18.2 Å². The summed E-state index contributed by atoms with van der Waals surface area (Å²) < 4.78 is 16.1. The molecule has 23 heavy (non-hydrogen) atoms. The van der Waals surface area contributed by atoms with Crippen molar-refractivity contribution in [3.63, 3.8) is 0 Å². The van der Waals surface area contributed by atoms with E-state index in [1.165, 1.54) is 6.07 Å². The van der Waals surface area contributed by atoms with Crippen molar-refractivity contribution in [1.29, 1.82) is 5.26 Å². The molecule has 0 radical (unpaired) electrons. The van der Waals surface area contributed by atoms with E-state index in [0.29, 0.717) is 19.0 Å². The number of hydrogen-bond donors (Lipinski definition) is 1. The molecule has 6 nitrogen and oxygen atoms in total. The van der Waals surface area contributed by atoms with Crippen LogP contribution in [0.5, 0.6) is 11.7 Å². The molecule has 1 aliphatic heterocycles. The topological polar surface area (TPSA) is 84.5 Å². The van der Waals surface area contributed by atoms with Crippen molar-refractivity contribution in [3.8, 4) is 17.8 Å². The van der Waals surface area contributed by atoms with Crippen LogP contribution < -0.4 is 10.1 Å². The predicted octanol–water partition coefficient (Wildman–Crippen LogP) is 2.73. The van der Waals surface area contributed by atoms with Crippen LogP contribution in [0.1, 0.15) is 17.0 Å². The molecule has 1 saturated heterocycles. The third-order valence-corrected chi connectivity index (χ3v) is 3.63. The molecule has 0 unspecified atom stereocenters. The highest BCUT2D eigenvalue weighted by Gasteiger charge is 2.28. The average molecular weight is 312 g/mol. The molecule has 118 valence electrons. The number of para-hydroxylation sites is 1. The third-order valence-electron chi connectivity index (χ3n) is 3.63. The van der Waals surface area contributed by atoms with Crippen LogP contribution in [0.3, 0.4) is 0 Å². The van der Waals surface area contributed by atoms with Crippen LogP contribution in [-0.4, -0.2) is 25.2 Å². The van der Waals surface area contributed by atoms with Crippen molar-refractivity contribution in [2.45, 2.75) is 12.5 Å². The standard InChI is InChI=1S/C17H16N2O4/c18-10-14(12-8-9-21-11-12)19-17(20)15-6-7-16(23-15)22-13-4-2-1-3-5-13/h1-7,12,14H,8-9,11H2,(H,19,20)/t12-,14-/m0/s1. The second kappa shape index (κ2) is 6.99. The zero-order valence-electron chi connectivity index (χ0n) is 12.4. The van der Waals surface area contributed by atoms with Crippen LogP contribution in [-0.2, 0) is 4.74 Å². The molecule has 2 heterocycles. The minimum absolute atomic E-state index is 0.0129. The van der Waals surface area contributed by atoms with Gasteiger partial charge in [0.25, 0.3) is 11.9 Å². The van der Waals surface area contributed by atoms with Crippen molar-refractivity contribution in [3.05, 3.63) is 48.2 Å². The normalized spacial score (nSPS) is 18.1. The summed E-state index contributed by atoms with van der Waals surface area (Å²) in [5.74, 6) is 0.520. The Bertz CT molecular complexity index is 699. The average Bonchev–Trinajstić information content (AvgIpc) is 3.25. The number of nitrogens with zero attached hydrogens (tertiary/aromatic N) is 1. The van der Waals surface area contributed by atoms with Crippen molar-refractivity contribution in [2.75, 3.05) is 13.2 Å². The SMILES string of the molecule is N#C[C@H](NC(=O)c1ccc(Oc2ccccc2)o1)[C@H]1CCOC1. The molecule has 3 rings (SSSR count). The maximum atomic E-state index is 12.2. The summed E-state index contributed by atoms with van der Waals surface area (Å²) >= 11 is 0. The molecule has 2 aromatic rings. The highest BCUT2D eigenvalue weighted by Crippen LogP contribution is 2.24. The molecule has 1 aromatic heterocycles. The smallest absolute Gasteiger partial charge is 0.290 e. The molecule has 1 fully saturated rings. The molecule has 6 heteroatoms. The first-order valence-corrected chi connectivity index (χ1v) is 7.37. The number of rotatable bonds is 5. The maximum Gasteiger partial charge on any atom is 0.290 e. The van der Waals surface area contributed by atoms with Crippen LogP contribution in [0, 0.1) is 17.2 Å². The number of carbonyl (C=O) groups is 1. The Hall–Kier alpha value is -2.78. The molecule has 2 atom stereocenters. The molecule has 0 bridgehead atoms. The minimum Gasteiger partial charge on any atom is -0.426 e. The van der Waals surface area contributed by atoms with Crippen molar-refractivity contribution in [1.82, 2.24) is 5.32 Å². The number of benzene rings is 1.